The molecule has 122 valence electrons. The fraction of sp³-hybridized carbons (Fsp3) is 0.600. The minimum atomic E-state index is -0.260. The van der Waals surface area contributed by atoms with Crippen molar-refractivity contribution in [3.63, 3.8) is 0 Å². The SMILES string of the molecule is CCOC(=O)c1c(NC(=S)NCCOC)sc2c1CCCC2. The monoisotopic (exact) mass is 342 g/mol. The number of ether oxygens (including phenoxy) is 2. The van der Waals surface area contributed by atoms with Gasteiger partial charge in [-0.05, 0) is 50.4 Å². The molecule has 1 aliphatic carbocycles. The lowest BCUT2D eigenvalue weighted by Gasteiger charge is -2.13. The van der Waals surface area contributed by atoms with Crippen molar-refractivity contribution in [2.75, 3.05) is 32.2 Å². The normalized spacial score (nSPS) is 13.4. The van der Waals surface area contributed by atoms with Crippen LogP contribution in [0.15, 0.2) is 0 Å². The maximum atomic E-state index is 12.3. The number of methoxy groups -OCH3 is 1. The second-order valence-corrected chi connectivity index (χ2v) is 6.52. The molecule has 0 saturated heterocycles. The van der Waals surface area contributed by atoms with Crippen molar-refractivity contribution in [2.45, 2.75) is 32.6 Å². The summed E-state index contributed by atoms with van der Waals surface area (Å²) in [6, 6.07) is 0. The van der Waals surface area contributed by atoms with Gasteiger partial charge in [0.15, 0.2) is 5.11 Å². The highest BCUT2D eigenvalue weighted by Gasteiger charge is 2.26. The Bertz CT molecular complexity index is 543. The molecule has 1 heterocycles. The van der Waals surface area contributed by atoms with E-state index in [2.05, 4.69) is 10.6 Å². The van der Waals surface area contributed by atoms with E-state index in [0.29, 0.717) is 30.4 Å². The van der Waals surface area contributed by atoms with Gasteiger partial charge in [0.1, 0.15) is 5.00 Å². The lowest BCUT2D eigenvalue weighted by atomic mass is 9.95. The van der Waals surface area contributed by atoms with Crippen LogP contribution in [0.4, 0.5) is 5.00 Å². The number of thiocarbonyl (C=S) groups is 1. The summed E-state index contributed by atoms with van der Waals surface area (Å²) in [6.07, 6.45) is 4.25. The quantitative estimate of drug-likeness (QED) is 0.471. The van der Waals surface area contributed by atoms with Crippen LogP contribution in [0.3, 0.4) is 0 Å². The molecule has 0 saturated carbocycles. The Balaban J connectivity index is 2.17. The zero-order valence-electron chi connectivity index (χ0n) is 13.0. The first-order valence-corrected chi connectivity index (χ1v) is 8.75. The molecule has 0 bridgehead atoms. The smallest absolute Gasteiger partial charge is 0.341 e. The number of hydrogen-bond acceptors (Lipinski definition) is 5. The van der Waals surface area contributed by atoms with Crippen LogP contribution < -0.4 is 10.6 Å². The molecule has 1 aliphatic rings. The molecular weight excluding hydrogens is 320 g/mol. The van der Waals surface area contributed by atoms with Crippen molar-refractivity contribution in [1.82, 2.24) is 5.32 Å². The van der Waals surface area contributed by atoms with Gasteiger partial charge in [-0.2, -0.15) is 0 Å². The largest absolute Gasteiger partial charge is 0.462 e. The Morgan fingerprint density at radius 3 is 2.86 bits per heavy atom. The van der Waals surface area contributed by atoms with Crippen LogP contribution in [-0.4, -0.2) is 38.0 Å². The lowest BCUT2D eigenvalue weighted by Crippen LogP contribution is -2.31. The van der Waals surface area contributed by atoms with E-state index < -0.39 is 0 Å². The summed E-state index contributed by atoms with van der Waals surface area (Å²) in [7, 11) is 1.64. The van der Waals surface area contributed by atoms with Crippen molar-refractivity contribution in [2.24, 2.45) is 0 Å². The zero-order chi connectivity index (χ0) is 15.9. The first kappa shape index (κ1) is 17.2. The molecule has 1 aromatic heterocycles. The number of carbonyl (C=O) groups excluding carboxylic acids is 1. The van der Waals surface area contributed by atoms with Crippen LogP contribution in [0.25, 0.3) is 0 Å². The third-order valence-electron chi connectivity index (χ3n) is 3.47. The van der Waals surface area contributed by atoms with E-state index in [-0.39, 0.29) is 5.97 Å². The topological polar surface area (TPSA) is 59.6 Å². The van der Waals surface area contributed by atoms with Crippen LogP contribution in [-0.2, 0) is 22.3 Å². The fourth-order valence-electron chi connectivity index (χ4n) is 2.49. The standard InChI is InChI=1S/C15H22N2O3S2/c1-3-20-14(18)12-10-6-4-5-7-11(10)22-13(12)17-15(21)16-8-9-19-2/h3-9H2,1-2H3,(H2,16,17,21). The molecule has 2 N–H and O–H groups in total. The number of anilines is 1. The highest BCUT2D eigenvalue weighted by Crippen LogP contribution is 2.38. The fourth-order valence-corrected chi connectivity index (χ4v) is 4.04. The second-order valence-electron chi connectivity index (χ2n) is 5.01. The summed E-state index contributed by atoms with van der Waals surface area (Å²) in [4.78, 5) is 13.6. The Labute approximate surface area is 140 Å². The molecule has 0 atom stereocenters. The van der Waals surface area contributed by atoms with Gasteiger partial charge >= 0.3 is 5.97 Å². The molecule has 1 aromatic rings. The third-order valence-corrected chi connectivity index (χ3v) is 4.92. The molecular formula is C15H22N2O3S2. The predicted molar refractivity (Wildman–Crippen MR) is 93.0 cm³/mol. The van der Waals surface area contributed by atoms with Gasteiger partial charge in [-0.25, -0.2) is 4.79 Å². The number of fused-ring (bicyclic) bond motifs is 1. The van der Waals surface area contributed by atoms with E-state index in [0.717, 1.165) is 29.8 Å². The van der Waals surface area contributed by atoms with E-state index in [1.165, 1.54) is 11.3 Å². The van der Waals surface area contributed by atoms with Crippen LogP contribution in [0, 0.1) is 0 Å². The number of carbonyl (C=O) groups is 1. The lowest BCUT2D eigenvalue weighted by molar-refractivity contribution is 0.0526. The van der Waals surface area contributed by atoms with Crippen molar-refractivity contribution < 1.29 is 14.3 Å². The zero-order valence-corrected chi connectivity index (χ0v) is 14.6. The number of esters is 1. The number of aryl methyl sites for hydroxylation is 1. The number of thiophene rings is 1. The summed E-state index contributed by atoms with van der Waals surface area (Å²) in [5.41, 5.74) is 1.80. The maximum absolute atomic E-state index is 12.3. The van der Waals surface area contributed by atoms with E-state index in [1.54, 1.807) is 18.4 Å². The number of nitrogens with one attached hydrogen (secondary N) is 2. The highest BCUT2D eigenvalue weighted by atomic mass is 32.1. The van der Waals surface area contributed by atoms with Crippen LogP contribution >= 0.6 is 23.6 Å². The van der Waals surface area contributed by atoms with Crippen LogP contribution in [0.1, 0.15) is 40.6 Å². The summed E-state index contributed by atoms with van der Waals surface area (Å²) >= 11 is 6.89. The van der Waals surface area contributed by atoms with E-state index in [1.807, 2.05) is 6.92 Å². The van der Waals surface area contributed by atoms with Gasteiger partial charge in [-0.1, -0.05) is 0 Å². The summed E-state index contributed by atoms with van der Waals surface area (Å²) in [5.74, 6) is -0.260. The molecule has 22 heavy (non-hydrogen) atoms. The molecule has 0 spiro atoms. The van der Waals surface area contributed by atoms with Gasteiger partial charge in [0, 0.05) is 18.5 Å². The second kappa shape index (κ2) is 8.45. The Kier molecular flexibility index (Phi) is 6.60. The molecule has 0 aliphatic heterocycles. The molecule has 0 unspecified atom stereocenters. The Morgan fingerprint density at radius 2 is 2.14 bits per heavy atom. The molecule has 0 amide bonds. The first-order chi connectivity index (χ1) is 10.7. The average Bonchev–Trinajstić information content (AvgIpc) is 2.85. The van der Waals surface area contributed by atoms with E-state index in [4.69, 9.17) is 21.7 Å². The van der Waals surface area contributed by atoms with Crippen LogP contribution in [0.5, 0.6) is 0 Å². The minimum absolute atomic E-state index is 0.260. The van der Waals surface area contributed by atoms with E-state index in [9.17, 15) is 4.79 Å². The number of rotatable bonds is 6. The molecule has 2 rings (SSSR count). The van der Waals surface area contributed by atoms with Gasteiger partial charge in [0.05, 0.1) is 18.8 Å². The van der Waals surface area contributed by atoms with Gasteiger partial charge in [-0.15, -0.1) is 11.3 Å². The predicted octanol–water partition coefficient (Wildman–Crippen LogP) is 2.74. The molecule has 5 nitrogen and oxygen atoms in total. The molecule has 0 fully saturated rings. The van der Waals surface area contributed by atoms with E-state index >= 15 is 0 Å². The molecule has 0 aromatic carbocycles. The van der Waals surface area contributed by atoms with Crippen molar-refractivity contribution in [1.29, 1.82) is 0 Å². The van der Waals surface area contributed by atoms with Crippen molar-refractivity contribution >= 4 is 39.6 Å². The van der Waals surface area contributed by atoms with Gasteiger partial charge in [0.25, 0.3) is 0 Å². The summed E-state index contributed by atoms with van der Waals surface area (Å²) in [5, 5.41) is 7.50. The Hall–Kier alpha value is -1.18. The maximum Gasteiger partial charge on any atom is 0.341 e. The van der Waals surface area contributed by atoms with Crippen LogP contribution in [0.2, 0.25) is 0 Å². The van der Waals surface area contributed by atoms with Crippen molar-refractivity contribution in [3.05, 3.63) is 16.0 Å². The summed E-state index contributed by atoms with van der Waals surface area (Å²) < 4.78 is 10.2. The molecule has 7 heteroatoms. The first-order valence-electron chi connectivity index (χ1n) is 7.52. The number of hydrogen-bond donors (Lipinski definition) is 2. The summed E-state index contributed by atoms with van der Waals surface area (Å²) in [6.45, 7) is 3.40. The van der Waals surface area contributed by atoms with Crippen molar-refractivity contribution in [3.8, 4) is 0 Å². The highest BCUT2D eigenvalue weighted by molar-refractivity contribution is 7.80. The van der Waals surface area contributed by atoms with Gasteiger partial charge in [0.2, 0.25) is 0 Å². The average molecular weight is 342 g/mol. The minimum Gasteiger partial charge on any atom is -0.462 e. The Morgan fingerprint density at radius 1 is 1.36 bits per heavy atom. The third kappa shape index (κ3) is 4.18. The molecule has 0 radical (unpaired) electrons. The van der Waals surface area contributed by atoms with Gasteiger partial charge in [-0.3, -0.25) is 0 Å². The van der Waals surface area contributed by atoms with Gasteiger partial charge < -0.3 is 20.1 Å².